The Hall–Kier alpha value is -2.04. The largest absolute Gasteiger partial charge is 0.504 e. The summed E-state index contributed by atoms with van der Waals surface area (Å²) in [4.78, 5) is 26.6. The molecular formula is C23H30Cl2N2O7. The second-order valence-corrected chi connectivity index (χ2v) is 9.39. The van der Waals surface area contributed by atoms with Gasteiger partial charge >= 0.3 is 11.9 Å². The number of aromatic hydroxyl groups is 1. The summed E-state index contributed by atoms with van der Waals surface area (Å²) in [6.45, 7) is 3.61. The van der Waals surface area contributed by atoms with Crippen LogP contribution in [0.3, 0.4) is 0 Å². The van der Waals surface area contributed by atoms with E-state index in [0.717, 1.165) is 17.7 Å². The molecule has 1 fully saturated rings. The molecule has 1 saturated heterocycles. The van der Waals surface area contributed by atoms with Gasteiger partial charge in [0, 0.05) is 18.0 Å². The van der Waals surface area contributed by atoms with Crippen LogP contribution in [0.2, 0.25) is 0 Å². The summed E-state index contributed by atoms with van der Waals surface area (Å²) in [5.41, 5.74) is 5.35. The first-order valence-corrected chi connectivity index (χ1v) is 10.9. The van der Waals surface area contributed by atoms with Crippen LogP contribution in [0.5, 0.6) is 11.5 Å². The van der Waals surface area contributed by atoms with Gasteiger partial charge in [0.25, 0.3) is 0 Å². The molecule has 188 valence electrons. The summed E-state index contributed by atoms with van der Waals surface area (Å²) >= 11 is 0. The van der Waals surface area contributed by atoms with Crippen LogP contribution in [-0.4, -0.2) is 70.5 Å². The third-order valence-electron chi connectivity index (χ3n) is 7.57. The van der Waals surface area contributed by atoms with E-state index in [4.69, 9.17) is 19.9 Å². The number of likely N-dealkylation sites (tertiary alicyclic amines) is 1. The number of carbonyl (C=O) groups excluding carboxylic acids is 2. The number of esters is 2. The maximum atomic E-state index is 12.7. The molecule has 6 atom stereocenters. The minimum absolute atomic E-state index is 0. The molecule has 5 rings (SSSR count). The van der Waals surface area contributed by atoms with Gasteiger partial charge in [0.15, 0.2) is 23.7 Å². The van der Waals surface area contributed by atoms with Gasteiger partial charge in [-0.2, -0.15) is 0 Å². The Kier molecular flexibility index (Phi) is 6.93. The minimum atomic E-state index is -1.16. The highest BCUT2D eigenvalue weighted by Gasteiger charge is 2.72. The topological polar surface area (TPSA) is 132 Å². The fraction of sp³-hybridized carbons (Fsp3) is 0.565. The first-order valence-electron chi connectivity index (χ1n) is 10.9. The standard InChI is InChI=1S/C23H28N2O7.2ClH/c1-11(24)20(27)30-12(2)21(28)31-15-6-7-23(29)16-10-13-4-5-14(26)18-17(13)22(23,19(15)32-18)8-9-25(16)3;;/h4-6,11-12,16,19,26,29H,7-10,24H2,1-3H3;2*1H/t11-,12?,16+,19-,22-,23+;;/m0../s1. The second-order valence-electron chi connectivity index (χ2n) is 9.39. The molecule has 4 aliphatic rings. The summed E-state index contributed by atoms with van der Waals surface area (Å²) in [7, 11) is 2.00. The third-order valence-corrected chi connectivity index (χ3v) is 7.57. The number of likely N-dealkylation sites (N-methyl/N-ethyl adjacent to an activating group) is 1. The highest BCUT2D eigenvalue weighted by molar-refractivity contribution is 5.85. The molecule has 2 bridgehead atoms. The van der Waals surface area contributed by atoms with E-state index < -0.39 is 41.2 Å². The SMILES string of the molecule is CC(OC(=O)[C@H](C)N)C(=O)OC1=CC[C@@]2(O)[C@H]3Cc4ccc(O)c5c4[C@@]2(CCN3C)[C@H]1O5.Cl.Cl. The first-order chi connectivity index (χ1) is 15.1. The lowest BCUT2D eigenvalue weighted by molar-refractivity contribution is -0.175. The quantitative estimate of drug-likeness (QED) is 0.507. The molecule has 34 heavy (non-hydrogen) atoms. The molecular weight excluding hydrogens is 487 g/mol. The zero-order valence-electron chi connectivity index (χ0n) is 19.1. The summed E-state index contributed by atoms with van der Waals surface area (Å²) in [6.07, 6.45) is 1.24. The molecule has 0 radical (unpaired) electrons. The average Bonchev–Trinajstić information content (AvgIpc) is 3.10. The van der Waals surface area contributed by atoms with E-state index >= 15 is 0 Å². The van der Waals surface area contributed by atoms with Crippen molar-refractivity contribution in [2.24, 2.45) is 5.73 Å². The van der Waals surface area contributed by atoms with Crippen LogP contribution < -0.4 is 10.5 Å². The van der Waals surface area contributed by atoms with E-state index in [0.29, 0.717) is 18.6 Å². The number of piperidine rings is 1. The Bertz CT molecular complexity index is 1050. The predicted molar refractivity (Wildman–Crippen MR) is 126 cm³/mol. The molecule has 2 heterocycles. The summed E-state index contributed by atoms with van der Waals surface area (Å²) in [5, 5.41) is 22.6. The number of benzene rings is 1. The molecule has 0 aromatic heterocycles. The van der Waals surface area contributed by atoms with Gasteiger partial charge in [-0.3, -0.25) is 4.79 Å². The van der Waals surface area contributed by atoms with Crippen LogP contribution in [-0.2, 0) is 30.9 Å². The number of nitrogens with two attached hydrogens (primary N) is 1. The minimum Gasteiger partial charge on any atom is -0.504 e. The summed E-state index contributed by atoms with van der Waals surface area (Å²) in [5.74, 6) is -0.859. The smallest absolute Gasteiger partial charge is 0.352 e. The molecule has 1 spiro atoms. The Labute approximate surface area is 210 Å². The van der Waals surface area contributed by atoms with E-state index in [1.807, 2.05) is 13.1 Å². The van der Waals surface area contributed by atoms with Gasteiger partial charge in [-0.25, -0.2) is 4.79 Å². The number of hydrogen-bond donors (Lipinski definition) is 3. The highest BCUT2D eigenvalue weighted by Crippen LogP contribution is 2.65. The Morgan fingerprint density at radius 2 is 1.97 bits per heavy atom. The zero-order valence-corrected chi connectivity index (χ0v) is 20.8. The van der Waals surface area contributed by atoms with Crippen molar-refractivity contribution in [1.29, 1.82) is 0 Å². The maximum absolute atomic E-state index is 12.7. The number of phenols is 1. The van der Waals surface area contributed by atoms with E-state index in [-0.39, 0.29) is 48.8 Å². The second kappa shape index (κ2) is 8.87. The number of carbonyl (C=O) groups is 2. The predicted octanol–water partition coefficient (Wildman–Crippen LogP) is 1.34. The van der Waals surface area contributed by atoms with Crippen LogP contribution in [0, 0.1) is 0 Å². The summed E-state index contributed by atoms with van der Waals surface area (Å²) in [6, 6.07) is 2.49. The lowest BCUT2D eigenvalue weighted by atomic mass is 9.50. The Balaban J connectivity index is 0.00000162. The van der Waals surface area contributed by atoms with E-state index in [1.165, 1.54) is 13.8 Å². The molecule has 0 amide bonds. The van der Waals surface area contributed by atoms with Crippen molar-refractivity contribution in [3.8, 4) is 11.5 Å². The van der Waals surface area contributed by atoms with E-state index in [1.54, 1.807) is 12.1 Å². The number of aliphatic hydroxyl groups is 1. The number of phenolic OH excluding ortho intramolecular Hbond substituents is 1. The van der Waals surface area contributed by atoms with Gasteiger partial charge in [-0.05, 0) is 58.0 Å². The third kappa shape index (κ3) is 3.40. The van der Waals surface area contributed by atoms with Crippen LogP contribution in [0.4, 0.5) is 0 Å². The highest BCUT2D eigenvalue weighted by atomic mass is 35.5. The summed E-state index contributed by atoms with van der Waals surface area (Å²) < 4.78 is 17.0. The monoisotopic (exact) mass is 516 g/mol. The van der Waals surface area contributed by atoms with Crippen LogP contribution in [0.1, 0.15) is 37.8 Å². The lowest BCUT2D eigenvalue weighted by Gasteiger charge is -2.61. The van der Waals surface area contributed by atoms with Gasteiger partial charge < -0.3 is 35.1 Å². The number of nitrogens with zero attached hydrogens (tertiary/aromatic N) is 1. The lowest BCUT2D eigenvalue weighted by Crippen LogP contribution is -2.74. The van der Waals surface area contributed by atoms with Gasteiger partial charge in [-0.1, -0.05) is 6.07 Å². The molecule has 1 aromatic carbocycles. The van der Waals surface area contributed by atoms with Gasteiger partial charge in [0.2, 0.25) is 0 Å². The number of rotatable bonds is 4. The number of ether oxygens (including phenoxy) is 3. The Morgan fingerprint density at radius 3 is 2.65 bits per heavy atom. The first kappa shape index (κ1) is 26.6. The van der Waals surface area contributed by atoms with Gasteiger partial charge in [0.1, 0.15) is 11.8 Å². The molecule has 2 aliphatic carbocycles. The number of hydrogen-bond acceptors (Lipinski definition) is 9. The van der Waals surface area contributed by atoms with Crippen molar-refractivity contribution >= 4 is 36.8 Å². The maximum Gasteiger partial charge on any atom is 0.352 e. The molecule has 2 aliphatic heterocycles. The normalized spacial score (nSPS) is 32.0. The van der Waals surface area contributed by atoms with E-state index in [9.17, 15) is 19.8 Å². The van der Waals surface area contributed by atoms with Gasteiger partial charge in [-0.15, -0.1) is 24.8 Å². The zero-order chi connectivity index (χ0) is 23.0. The van der Waals surface area contributed by atoms with Crippen molar-refractivity contribution in [3.05, 3.63) is 35.1 Å². The van der Waals surface area contributed by atoms with Gasteiger partial charge in [0.05, 0.1) is 11.0 Å². The van der Waals surface area contributed by atoms with Crippen molar-refractivity contribution in [1.82, 2.24) is 4.90 Å². The van der Waals surface area contributed by atoms with Crippen LogP contribution in [0.15, 0.2) is 24.0 Å². The van der Waals surface area contributed by atoms with Crippen LogP contribution in [0.25, 0.3) is 0 Å². The van der Waals surface area contributed by atoms with Crippen LogP contribution >= 0.6 is 24.8 Å². The van der Waals surface area contributed by atoms with E-state index in [2.05, 4.69) is 4.90 Å². The average molecular weight is 517 g/mol. The molecule has 4 N–H and O–H groups in total. The van der Waals surface area contributed by atoms with Crippen molar-refractivity contribution in [2.45, 2.75) is 68.4 Å². The fourth-order valence-corrected chi connectivity index (χ4v) is 5.97. The van der Waals surface area contributed by atoms with Crippen molar-refractivity contribution in [2.75, 3.05) is 13.6 Å². The molecule has 11 heteroatoms. The molecule has 1 aromatic rings. The Morgan fingerprint density at radius 1 is 1.26 bits per heavy atom. The molecule has 1 unspecified atom stereocenters. The molecule has 9 nitrogen and oxygen atoms in total. The van der Waals surface area contributed by atoms with Crippen molar-refractivity contribution in [3.63, 3.8) is 0 Å². The number of halogens is 2. The fourth-order valence-electron chi connectivity index (χ4n) is 5.97. The van der Waals surface area contributed by atoms with Crippen molar-refractivity contribution < 1.29 is 34.0 Å². The molecule has 0 saturated carbocycles.